The fourth-order valence-electron chi connectivity index (χ4n) is 5.14. The number of nitro groups is 1. The predicted octanol–water partition coefficient (Wildman–Crippen LogP) is 6.34. The summed E-state index contributed by atoms with van der Waals surface area (Å²) < 4.78 is 0. The van der Waals surface area contributed by atoms with Gasteiger partial charge in [-0.15, -0.1) is 0 Å². The fraction of sp³-hybridized carbons (Fsp3) is 0.367. The molecule has 1 saturated carbocycles. The van der Waals surface area contributed by atoms with Crippen molar-refractivity contribution in [1.29, 1.82) is 0 Å². The van der Waals surface area contributed by atoms with Crippen molar-refractivity contribution in [3.05, 3.63) is 86.0 Å². The minimum atomic E-state index is -0.501. The summed E-state index contributed by atoms with van der Waals surface area (Å²) >= 11 is 12.6. The van der Waals surface area contributed by atoms with E-state index in [9.17, 15) is 19.7 Å². The quantitative estimate of drug-likeness (QED) is 0.208. The van der Waals surface area contributed by atoms with Crippen LogP contribution in [0.2, 0.25) is 10.0 Å². The number of carbonyl (C=O) groups excluding carboxylic acids is 2. The molecule has 2 N–H and O–H groups in total. The van der Waals surface area contributed by atoms with Gasteiger partial charge in [-0.1, -0.05) is 29.3 Å². The normalized spacial score (nSPS) is 15.9. The first-order chi connectivity index (χ1) is 19.8. The molecule has 2 aliphatic rings. The lowest BCUT2D eigenvalue weighted by atomic mass is 9.93. The highest BCUT2D eigenvalue weighted by Gasteiger charge is 2.30. The largest absolute Gasteiger partial charge is 0.352 e. The summed E-state index contributed by atoms with van der Waals surface area (Å²) in [7, 11) is 0. The second kappa shape index (κ2) is 13.0. The Hall–Kier alpha value is -3.53. The summed E-state index contributed by atoms with van der Waals surface area (Å²) in [6, 6.07) is 13.2. The average Bonchev–Trinajstić information content (AvgIpc) is 3.82. The number of pyridine rings is 1. The first kappa shape index (κ1) is 29.0. The summed E-state index contributed by atoms with van der Waals surface area (Å²) in [5.41, 5.74) is 1.87. The minimum Gasteiger partial charge on any atom is -0.352 e. The monoisotopic (exact) mass is 595 g/mol. The van der Waals surface area contributed by atoms with Gasteiger partial charge in [0.25, 0.3) is 11.6 Å². The van der Waals surface area contributed by atoms with Crippen molar-refractivity contribution in [2.75, 3.05) is 25.0 Å². The number of aromatic nitrogens is 1. The highest BCUT2D eigenvalue weighted by atomic mass is 35.5. The Morgan fingerprint density at radius 3 is 2.44 bits per heavy atom. The van der Waals surface area contributed by atoms with Gasteiger partial charge in [0.05, 0.1) is 10.5 Å². The van der Waals surface area contributed by atoms with E-state index in [1.807, 2.05) is 18.2 Å². The van der Waals surface area contributed by atoms with Crippen LogP contribution in [0.3, 0.4) is 0 Å². The van der Waals surface area contributed by atoms with E-state index >= 15 is 0 Å². The standard InChI is InChI=1S/C30H31Cl2N5O4/c31-25-2-1-3-26(32)24(25)18-36-14-10-19(11-15-36)8-12-34-29(38)22-6-7-23(27(16-22)37(40)41)21-9-13-33-28(17-21)35-30(39)20-4-5-20/h1-3,6-7,9,13,16-17,19-20H,4-5,8,10-12,14-15,18H2,(H,34,38)(H,33,35,39). The molecule has 0 atom stereocenters. The Balaban J connectivity index is 1.14. The number of hydrogen-bond donors (Lipinski definition) is 2. The summed E-state index contributed by atoms with van der Waals surface area (Å²) in [5, 5.41) is 18.9. The Morgan fingerprint density at radius 1 is 1.02 bits per heavy atom. The minimum absolute atomic E-state index is 0.0132. The second-order valence-corrected chi connectivity index (χ2v) is 11.5. The summed E-state index contributed by atoms with van der Waals surface area (Å²) in [4.78, 5) is 42.8. The number of anilines is 1. The topological polar surface area (TPSA) is 117 Å². The number of piperidine rings is 1. The SMILES string of the molecule is O=C(NCCC1CCN(Cc2c(Cl)cccc2Cl)CC1)c1ccc(-c2ccnc(NC(=O)C3CC3)c2)c([N+](=O)[O-])c1. The molecule has 1 saturated heterocycles. The molecule has 2 amide bonds. The molecule has 2 fully saturated rings. The zero-order valence-corrected chi connectivity index (χ0v) is 24.0. The van der Waals surface area contributed by atoms with Crippen molar-refractivity contribution >= 4 is 46.5 Å². The van der Waals surface area contributed by atoms with E-state index in [1.165, 1.54) is 12.3 Å². The Labute approximate surface area is 248 Å². The van der Waals surface area contributed by atoms with Crippen LogP contribution in [0.4, 0.5) is 11.5 Å². The molecule has 41 heavy (non-hydrogen) atoms. The molecule has 0 bridgehead atoms. The smallest absolute Gasteiger partial charge is 0.277 e. The number of amides is 2. The van der Waals surface area contributed by atoms with Crippen LogP contribution >= 0.6 is 23.2 Å². The maximum atomic E-state index is 12.8. The van der Waals surface area contributed by atoms with Gasteiger partial charge in [-0.2, -0.15) is 0 Å². The first-order valence-corrected chi connectivity index (χ1v) is 14.5. The highest BCUT2D eigenvalue weighted by molar-refractivity contribution is 6.35. The number of carbonyl (C=O) groups is 2. The summed E-state index contributed by atoms with van der Waals surface area (Å²) in [5.74, 6) is 0.390. The Bertz CT molecular complexity index is 1430. The molecule has 3 aromatic rings. The average molecular weight is 597 g/mol. The van der Waals surface area contributed by atoms with E-state index in [0.29, 0.717) is 46.0 Å². The summed E-state index contributed by atoms with van der Waals surface area (Å²) in [6.45, 7) is 3.06. The number of hydrogen-bond acceptors (Lipinski definition) is 6. The molecule has 0 radical (unpaired) electrons. The summed E-state index contributed by atoms with van der Waals surface area (Å²) in [6.07, 6.45) is 6.07. The van der Waals surface area contributed by atoms with Gasteiger partial charge >= 0.3 is 0 Å². The molecule has 0 unspecified atom stereocenters. The van der Waals surface area contributed by atoms with Crippen LogP contribution < -0.4 is 10.6 Å². The number of likely N-dealkylation sites (tertiary alicyclic amines) is 1. The molecule has 11 heteroatoms. The van der Waals surface area contributed by atoms with Gasteiger partial charge in [0.1, 0.15) is 5.82 Å². The van der Waals surface area contributed by atoms with Gasteiger partial charge in [-0.25, -0.2) is 4.98 Å². The number of benzene rings is 2. The number of halogens is 2. The number of nitrogens with one attached hydrogen (secondary N) is 2. The molecule has 1 aromatic heterocycles. The van der Waals surface area contributed by atoms with Gasteiger partial charge < -0.3 is 10.6 Å². The molecule has 2 aromatic carbocycles. The third-order valence-electron chi connectivity index (χ3n) is 7.72. The van der Waals surface area contributed by atoms with Gasteiger partial charge in [0.15, 0.2) is 0 Å². The fourth-order valence-corrected chi connectivity index (χ4v) is 5.66. The van der Waals surface area contributed by atoms with Gasteiger partial charge in [0.2, 0.25) is 5.91 Å². The van der Waals surface area contributed by atoms with E-state index < -0.39 is 4.92 Å². The van der Waals surface area contributed by atoms with Crippen LogP contribution in [0.5, 0.6) is 0 Å². The molecule has 9 nitrogen and oxygen atoms in total. The van der Waals surface area contributed by atoms with Gasteiger partial charge in [-0.05, 0) is 93.1 Å². The third-order valence-corrected chi connectivity index (χ3v) is 8.42. The van der Waals surface area contributed by atoms with Crippen LogP contribution in [-0.4, -0.2) is 46.3 Å². The Kier molecular flexibility index (Phi) is 9.17. The number of nitrogens with zero attached hydrogens (tertiary/aromatic N) is 3. The van der Waals surface area contributed by atoms with Crippen LogP contribution in [0.15, 0.2) is 54.7 Å². The van der Waals surface area contributed by atoms with Crippen LogP contribution in [-0.2, 0) is 11.3 Å². The lowest BCUT2D eigenvalue weighted by Crippen LogP contribution is -2.35. The predicted molar refractivity (Wildman–Crippen MR) is 159 cm³/mol. The number of rotatable bonds is 10. The zero-order valence-electron chi connectivity index (χ0n) is 22.4. The van der Waals surface area contributed by atoms with Crippen LogP contribution in [0.25, 0.3) is 11.1 Å². The van der Waals surface area contributed by atoms with E-state index in [1.54, 1.807) is 24.3 Å². The molecule has 214 valence electrons. The van der Waals surface area contributed by atoms with Gasteiger partial charge in [0, 0.05) is 52.4 Å². The van der Waals surface area contributed by atoms with Crippen molar-refractivity contribution in [3.63, 3.8) is 0 Å². The van der Waals surface area contributed by atoms with Crippen molar-refractivity contribution in [3.8, 4) is 11.1 Å². The van der Waals surface area contributed by atoms with E-state index in [-0.39, 0.29) is 29.0 Å². The molecule has 5 rings (SSSR count). The van der Waals surface area contributed by atoms with Crippen molar-refractivity contribution in [2.24, 2.45) is 11.8 Å². The molecule has 1 aliphatic heterocycles. The number of nitro benzene ring substituents is 1. The second-order valence-electron chi connectivity index (χ2n) is 10.6. The molecular formula is C30H31Cl2N5O4. The lowest BCUT2D eigenvalue weighted by Gasteiger charge is -2.32. The molecular weight excluding hydrogens is 565 g/mol. The van der Waals surface area contributed by atoms with Crippen molar-refractivity contribution in [1.82, 2.24) is 15.2 Å². The van der Waals surface area contributed by atoms with Crippen molar-refractivity contribution < 1.29 is 14.5 Å². The zero-order chi connectivity index (χ0) is 28.9. The van der Waals surface area contributed by atoms with E-state index in [2.05, 4.69) is 20.5 Å². The Morgan fingerprint density at radius 2 is 1.76 bits per heavy atom. The van der Waals surface area contributed by atoms with E-state index in [0.717, 1.165) is 50.8 Å². The van der Waals surface area contributed by atoms with Crippen LogP contribution in [0.1, 0.15) is 48.0 Å². The van der Waals surface area contributed by atoms with Crippen LogP contribution in [0, 0.1) is 22.0 Å². The highest BCUT2D eigenvalue weighted by Crippen LogP contribution is 2.33. The maximum absolute atomic E-state index is 12.8. The van der Waals surface area contributed by atoms with Crippen molar-refractivity contribution in [2.45, 2.75) is 38.6 Å². The third kappa shape index (κ3) is 7.41. The van der Waals surface area contributed by atoms with E-state index in [4.69, 9.17) is 23.2 Å². The lowest BCUT2D eigenvalue weighted by molar-refractivity contribution is -0.384. The maximum Gasteiger partial charge on any atom is 0.277 e. The molecule has 2 heterocycles. The molecule has 1 aliphatic carbocycles. The molecule has 0 spiro atoms. The first-order valence-electron chi connectivity index (χ1n) is 13.8. The van der Waals surface area contributed by atoms with Gasteiger partial charge in [-0.3, -0.25) is 24.6 Å².